The van der Waals surface area contributed by atoms with Gasteiger partial charge in [0.1, 0.15) is 0 Å². The standard InChI is InChI=1S/C18H18N2O/c19-16-8-5-13(6-9-16)7-10-18(21)20-17-11-14-3-1-2-4-15(14)12-17/h1-10,17H,11-12,19H2,(H,20,21)/b10-7+. The van der Waals surface area contributed by atoms with Gasteiger partial charge >= 0.3 is 0 Å². The molecule has 3 rings (SSSR count). The number of hydrogen-bond acceptors (Lipinski definition) is 2. The quantitative estimate of drug-likeness (QED) is 0.669. The molecule has 0 radical (unpaired) electrons. The molecule has 3 N–H and O–H groups in total. The third kappa shape index (κ3) is 3.31. The highest BCUT2D eigenvalue weighted by molar-refractivity contribution is 5.92. The summed E-state index contributed by atoms with van der Waals surface area (Å²) in [5.41, 5.74) is 10.00. The predicted molar refractivity (Wildman–Crippen MR) is 85.7 cm³/mol. The average molecular weight is 278 g/mol. The Hall–Kier alpha value is -2.55. The summed E-state index contributed by atoms with van der Waals surface area (Å²) in [4.78, 5) is 12.0. The molecule has 0 aliphatic heterocycles. The number of nitrogen functional groups attached to an aromatic ring is 1. The number of anilines is 1. The van der Waals surface area contributed by atoms with Gasteiger partial charge in [-0.1, -0.05) is 36.4 Å². The summed E-state index contributed by atoms with van der Waals surface area (Å²) in [6.07, 6.45) is 5.21. The van der Waals surface area contributed by atoms with Crippen molar-refractivity contribution in [2.45, 2.75) is 18.9 Å². The summed E-state index contributed by atoms with van der Waals surface area (Å²) in [6.45, 7) is 0. The lowest BCUT2D eigenvalue weighted by Crippen LogP contribution is -2.34. The minimum Gasteiger partial charge on any atom is -0.399 e. The van der Waals surface area contributed by atoms with Crippen molar-refractivity contribution in [1.29, 1.82) is 0 Å². The summed E-state index contributed by atoms with van der Waals surface area (Å²) in [6, 6.07) is 16.0. The Morgan fingerprint density at radius 1 is 1.05 bits per heavy atom. The van der Waals surface area contributed by atoms with E-state index in [4.69, 9.17) is 5.73 Å². The summed E-state index contributed by atoms with van der Waals surface area (Å²) >= 11 is 0. The molecule has 21 heavy (non-hydrogen) atoms. The molecule has 1 aliphatic rings. The first-order valence-electron chi connectivity index (χ1n) is 7.11. The topological polar surface area (TPSA) is 55.1 Å². The van der Waals surface area contributed by atoms with Gasteiger partial charge in [0.2, 0.25) is 5.91 Å². The molecule has 0 unspecified atom stereocenters. The van der Waals surface area contributed by atoms with Crippen LogP contribution in [0.15, 0.2) is 54.6 Å². The van der Waals surface area contributed by atoms with Crippen LogP contribution in [0.4, 0.5) is 5.69 Å². The molecule has 0 bridgehead atoms. The fourth-order valence-corrected chi connectivity index (χ4v) is 2.69. The maximum absolute atomic E-state index is 12.0. The van der Waals surface area contributed by atoms with Gasteiger partial charge in [0.05, 0.1) is 0 Å². The first-order chi connectivity index (χ1) is 10.2. The van der Waals surface area contributed by atoms with E-state index in [1.807, 2.05) is 36.4 Å². The van der Waals surface area contributed by atoms with E-state index in [0.717, 1.165) is 24.1 Å². The van der Waals surface area contributed by atoms with Crippen LogP contribution in [-0.4, -0.2) is 11.9 Å². The van der Waals surface area contributed by atoms with Crippen molar-refractivity contribution in [2.24, 2.45) is 0 Å². The molecule has 0 saturated heterocycles. The molecule has 3 heteroatoms. The second kappa shape index (κ2) is 5.83. The van der Waals surface area contributed by atoms with Gasteiger partial charge in [-0.25, -0.2) is 0 Å². The Kier molecular flexibility index (Phi) is 3.73. The molecule has 1 aliphatic carbocycles. The number of amides is 1. The zero-order valence-corrected chi connectivity index (χ0v) is 11.8. The lowest BCUT2D eigenvalue weighted by Gasteiger charge is -2.09. The predicted octanol–water partition coefficient (Wildman–Crippen LogP) is 2.57. The molecule has 0 aromatic heterocycles. The Bertz CT molecular complexity index is 649. The van der Waals surface area contributed by atoms with E-state index in [1.54, 1.807) is 12.2 Å². The van der Waals surface area contributed by atoms with E-state index >= 15 is 0 Å². The van der Waals surface area contributed by atoms with Gasteiger partial charge < -0.3 is 11.1 Å². The van der Waals surface area contributed by atoms with Crippen molar-refractivity contribution in [2.75, 3.05) is 5.73 Å². The molecule has 0 spiro atoms. The molecule has 2 aromatic carbocycles. The van der Waals surface area contributed by atoms with Crippen LogP contribution in [0.1, 0.15) is 16.7 Å². The highest BCUT2D eigenvalue weighted by Crippen LogP contribution is 2.21. The average Bonchev–Trinajstić information content (AvgIpc) is 2.88. The van der Waals surface area contributed by atoms with Crippen LogP contribution in [0.5, 0.6) is 0 Å². The normalized spacial score (nSPS) is 14.3. The number of carbonyl (C=O) groups excluding carboxylic acids is 1. The van der Waals surface area contributed by atoms with Crippen molar-refractivity contribution in [3.63, 3.8) is 0 Å². The fourth-order valence-electron chi connectivity index (χ4n) is 2.69. The first kappa shape index (κ1) is 13.4. The van der Waals surface area contributed by atoms with E-state index in [1.165, 1.54) is 11.1 Å². The van der Waals surface area contributed by atoms with Crippen molar-refractivity contribution >= 4 is 17.7 Å². The largest absolute Gasteiger partial charge is 0.399 e. The van der Waals surface area contributed by atoms with E-state index < -0.39 is 0 Å². The van der Waals surface area contributed by atoms with Crippen molar-refractivity contribution < 1.29 is 4.79 Å². The molecule has 106 valence electrons. The van der Waals surface area contributed by atoms with Crippen LogP contribution in [0.2, 0.25) is 0 Å². The van der Waals surface area contributed by atoms with Crippen LogP contribution in [0.25, 0.3) is 6.08 Å². The summed E-state index contributed by atoms with van der Waals surface area (Å²) < 4.78 is 0. The fraction of sp³-hybridized carbons (Fsp3) is 0.167. The van der Waals surface area contributed by atoms with Gasteiger partial charge in [-0.2, -0.15) is 0 Å². The Labute approximate surface area is 124 Å². The van der Waals surface area contributed by atoms with E-state index in [2.05, 4.69) is 17.4 Å². The van der Waals surface area contributed by atoms with Gasteiger partial charge in [0.15, 0.2) is 0 Å². The highest BCUT2D eigenvalue weighted by atomic mass is 16.1. The molecule has 3 nitrogen and oxygen atoms in total. The molecule has 0 fully saturated rings. The number of nitrogens with one attached hydrogen (secondary N) is 1. The third-order valence-corrected chi connectivity index (χ3v) is 3.76. The third-order valence-electron chi connectivity index (χ3n) is 3.76. The second-order valence-electron chi connectivity index (χ2n) is 5.38. The number of fused-ring (bicyclic) bond motifs is 1. The van der Waals surface area contributed by atoms with Gasteiger partial charge in [0.25, 0.3) is 0 Å². The van der Waals surface area contributed by atoms with E-state index in [9.17, 15) is 4.79 Å². The Morgan fingerprint density at radius 2 is 1.67 bits per heavy atom. The summed E-state index contributed by atoms with van der Waals surface area (Å²) in [5, 5.41) is 3.06. The van der Waals surface area contributed by atoms with Crippen LogP contribution in [-0.2, 0) is 17.6 Å². The molecule has 0 heterocycles. The lowest BCUT2D eigenvalue weighted by atomic mass is 10.1. The van der Waals surface area contributed by atoms with Crippen LogP contribution in [0.3, 0.4) is 0 Å². The summed E-state index contributed by atoms with van der Waals surface area (Å²) in [5.74, 6) is -0.0513. The smallest absolute Gasteiger partial charge is 0.244 e. The minimum absolute atomic E-state index is 0.0513. The lowest BCUT2D eigenvalue weighted by molar-refractivity contribution is -0.117. The first-order valence-corrected chi connectivity index (χ1v) is 7.11. The Morgan fingerprint density at radius 3 is 2.29 bits per heavy atom. The van der Waals surface area contributed by atoms with Crippen molar-refractivity contribution in [3.05, 3.63) is 71.3 Å². The number of hydrogen-bond donors (Lipinski definition) is 2. The van der Waals surface area contributed by atoms with E-state index in [-0.39, 0.29) is 11.9 Å². The maximum Gasteiger partial charge on any atom is 0.244 e. The zero-order chi connectivity index (χ0) is 14.7. The number of carbonyl (C=O) groups is 1. The molecule has 2 aromatic rings. The Balaban J connectivity index is 1.57. The van der Waals surface area contributed by atoms with Crippen LogP contribution < -0.4 is 11.1 Å². The molecule has 1 amide bonds. The van der Waals surface area contributed by atoms with Gasteiger partial charge in [-0.05, 0) is 47.7 Å². The number of benzene rings is 2. The zero-order valence-electron chi connectivity index (χ0n) is 11.8. The minimum atomic E-state index is -0.0513. The number of rotatable bonds is 3. The second-order valence-corrected chi connectivity index (χ2v) is 5.38. The van der Waals surface area contributed by atoms with Crippen molar-refractivity contribution in [3.8, 4) is 0 Å². The van der Waals surface area contributed by atoms with Crippen molar-refractivity contribution in [1.82, 2.24) is 5.32 Å². The van der Waals surface area contributed by atoms with Gasteiger partial charge in [0, 0.05) is 17.8 Å². The SMILES string of the molecule is Nc1ccc(/C=C/C(=O)NC2Cc3ccccc3C2)cc1. The van der Waals surface area contributed by atoms with E-state index in [0.29, 0.717) is 0 Å². The molecular weight excluding hydrogens is 260 g/mol. The molecular formula is C18H18N2O. The van der Waals surface area contributed by atoms with Crippen LogP contribution >= 0.6 is 0 Å². The molecule has 0 atom stereocenters. The van der Waals surface area contributed by atoms with Crippen LogP contribution in [0, 0.1) is 0 Å². The van der Waals surface area contributed by atoms with Gasteiger partial charge in [-0.3, -0.25) is 4.79 Å². The monoisotopic (exact) mass is 278 g/mol. The maximum atomic E-state index is 12.0. The number of nitrogens with two attached hydrogens (primary N) is 1. The molecule has 0 saturated carbocycles. The highest BCUT2D eigenvalue weighted by Gasteiger charge is 2.21. The van der Waals surface area contributed by atoms with Gasteiger partial charge in [-0.15, -0.1) is 0 Å². The summed E-state index contributed by atoms with van der Waals surface area (Å²) in [7, 11) is 0.